The lowest BCUT2D eigenvalue weighted by Gasteiger charge is -2.24. The average molecular weight is 304 g/mol. The van der Waals surface area contributed by atoms with Gasteiger partial charge in [-0.15, -0.1) is 0 Å². The number of hydrogen-bond donors (Lipinski definition) is 1. The first-order valence-corrected chi connectivity index (χ1v) is 7.68. The fraction of sp³-hybridized carbons (Fsp3) is 0.333. The lowest BCUT2D eigenvalue weighted by molar-refractivity contribution is 0.392. The maximum absolute atomic E-state index is 6.10. The summed E-state index contributed by atoms with van der Waals surface area (Å²) in [6.07, 6.45) is 1.000. The number of benzene rings is 2. The molecule has 0 aliphatic heterocycles. The van der Waals surface area contributed by atoms with E-state index < -0.39 is 0 Å². The molecule has 2 aromatic rings. The molecular formula is C18H22ClNO. The fourth-order valence-corrected chi connectivity index (χ4v) is 2.79. The molecule has 2 atom stereocenters. The molecule has 2 rings (SSSR count). The zero-order chi connectivity index (χ0) is 15.2. The SMILES string of the molecule is CCC(N[C@H](C)c1ccccc1OC)c1cccc(Cl)c1. The van der Waals surface area contributed by atoms with Crippen LogP contribution in [0.4, 0.5) is 0 Å². The molecule has 0 heterocycles. The minimum absolute atomic E-state index is 0.199. The second kappa shape index (κ2) is 7.48. The van der Waals surface area contributed by atoms with Crippen LogP contribution in [0.2, 0.25) is 5.02 Å². The molecule has 1 N–H and O–H groups in total. The first-order chi connectivity index (χ1) is 10.2. The van der Waals surface area contributed by atoms with E-state index in [1.807, 2.05) is 36.4 Å². The Bertz CT molecular complexity index is 585. The summed E-state index contributed by atoms with van der Waals surface area (Å²) in [7, 11) is 1.71. The van der Waals surface area contributed by atoms with Crippen molar-refractivity contribution in [3.63, 3.8) is 0 Å². The standard InChI is InChI=1S/C18H22ClNO/c1-4-17(14-8-7-9-15(19)12-14)20-13(2)16-10-5-6-11-18(16)21-3/h5-13,17,20H,4H2,1-3H3/t13-,17?/m1/s1. The Labute approximate surface area is 132 Å². The van der Waals surface area contributed by atoms with Gasteiger partial charge >= 0.3 is 0 Å². The third-order valence-corrected chi connectivity index (χ3v) is 3.95. The lowest BCUT2D eigenvalue weighted by Crippen LogP contribution is -2.24. The van der Waals surface area contributed by atoms with Crippen molar-refractivity contribution in [1.82, 2.24) is 5.32 Å². The van der Waals surface area contributed by atoms with Gasteiger partial charge in [0.15, 0.2) is 0 Å². The van der Waals surface area contributed by atoms with E-state index in [4.69, 9.17) is 16.3 Å². The summed E-state index contributed by atoms with van der Waals surface area (Å²) in [6, 6.07) is 16.6. The van der Waals surface area contributed by atoms with E-state index in [2.05, 4.69) is 31.3 Å². The maximum Gasteiger partial charge on any atom is 0.123 e. The molecule has 3 heteroatoms. The number of methoxy groups -OCH3 is 1. The third kappa shape index (κ3) is 3.99. The number of halogens is 1. The first-order valence-electron chi connectivity index (χ1n) is 7.30. The Hall–Kier alpha value is -1.51. The summed E-state index contributed by atoms with van der Waals surface area (Å²) < 4.78 is 5.45. The zero-order valence-electron chi connectivity index (χ0n) is 12.8. The molecule has 0 saturated heterocycles. The Kier molecular flexibility index (Phi) is 5.66. The van der Waals surface area contributed by atoms with Gasteiger partial charge in [0.05, 0.1) is 7.11 Å². The van der Waals surface area contributed by atoms with Crippen LogP contribution in [0.15, 0.2) is 48.5 Å². The van der Waals surface area contributed by atoms with E-state index in [0.29, 0.717) is 0 Å². The first kappa shape index (κ1) is 15.9. The van der Waals surface area contributed by atoms with Crippen LogP contribution in [-0.2, 0) is 0 Å². The minimum Gasteiger partial charge on any atom is -0.496 e. The van der Waals surface area contributed by atoms with Gasteiger partial charge in [-0.3, -0.25) is 0 Å². The molecule has 0 aromatic heterocycles. The van der Waals surface area contributed by atoms with E-state index in [1.165, 1.54) is 11.1 Å². The van der Waals surface area contributed by atoms with Crippen LogP contribution in [0.3, 0.4) is 0 Å². The van der Waals surface area contributed by atoms with Gasteiger partial charge in [-0.2, -0.15) is 0 Å². The summed E-state index contributed by atoms with van der Waals surface area (Å²) >= 11 is 6.10. The Morgan fingerprint density at radius 3 is 2.57 bits per heavy atom. The van der Waals surface area contributed by atoms with Crippen molar-refractivity contribution in [2.75, 3.05) is 7.11 Å². The summed E-state index contributed by atoms with van der Waals surface area (Å²) in [6.45, 7) is 4.33. The molecule has 2 nitrogen and oxygen atoms in total. The van der Waals surface area contributed by atoms with Gasteiger partial charge in [0, 0.05) is 22.7 Å². The molecule has 1 unspecified atom stereocenters. The summed E-state index contributed by atoms with van der Waals surface area (Å²) in [5.41, 5.74) is 2.38. The highest BCUT2D eigenvalue weighted by Gasteiger charge is 2.16. The summed E-state index contributed by atoms with van der Waals surface area (Å²) in [5, 5.41) is 4.44. The second-order valence-electron chi connectivity index (χ2n) is 5.15. The Morgan fingerprint density at radius 1 is 1.14 bits per heavy atom. The lowest BCUT2D eigenvalue weighted by atomic mass is 10.0. The zero-order valence-corrected chi connectivity index (χ0v) is 13.5. The highest BCUT2D eigenvalue weighted by Crippen LogP contribution is 2.28. The van der Waals surface area contributed by atoms with E-state index in [1.54, 1.807) is 7.11 Å². The smallest absolute Gasteiger partial charge is 0.123 e. The van der Waals surface area contributed by atoms with Crippen molar-refractivity contribution in [3.05, 3.63) is 64.7 Å². The van der Waals surface area contributed by atoms with Crippen molar-refractivity contribution < 1.29 is 4.74 Å². The van der Waals surface area contributed by atoms with Crippen LogP contribution in [0, 0.1) is 0 Å². The quantitative estimate of drug-likeness (QED) is 0.796. The monoisotopic (exact) mass is 303 g/mol. The van der Waals surface area contributed by atoms with Gasteiger partial charge in [0.25, 0.3) is 0 Å². The van der Waals surface area contributed by atoms with E-state index in [9.17, 15) is 0 Å². The van der Waals surface area contributed by atoms with Crippen molar-refractivity contribution in [2.45, 2.75) is 32.4 Å². The molecule has 0 amide bonds. The molecule has 0 aliphatic carbocycles. The van der Waals surface area contributed by atoms with E-state index in [-0.39, 0.29) is 12.1 Å². The van der Waals surface area contributed by atoms with Crippen LogP contribution in [-0.4, -0.2) is 7.11 Å². The van der Waals surface area contributed by atoms with Crippen molar-refractivity contribution >= 4 is 11.6 Å². The molecule has 112 valence electrons. The normalized spacial score (nSPS) is 13.7. The van der Waals surface area contributed by atoms with Gasteiger partial charge in [0.1, 0.15) is 5.75 Å². The predicted molar refractivity (Wildman–Crippen MR) is 89.0 cm³/mol. The second-order valence-corrected chi connectivity index (χ2v) is 5.58. The van der Waals surface area contributed by atoms with Crippen LogP contribution < -0.4 is 10.1 Å². The van der Waals surface area contributed by atoms with Crippen LogP contribution >= 0.6 is 11.6 Å². The fourth-order valence-electron chi connectivity index (χ4n) is 2.59. The molecule has 0 spiro atoms. The molecule has 0 bridgehead atoms. The van der Waals surface area contributed by atoms with E-state index in [0.717, 1.165) is 17.2 Å². The van der Waals surface area contributed by atoms with Gasteiger partial charge in [-0.05, 0) is 37.1 Å². The Balaban J connectivity index is 2.18. The van der Waals surface area contributed by atoms with Gasteiger partial charge in [-0.25, -0.2) is 0 Å². The summed E-state index contributed by atoms with van der Waals surface area (Å²) in [4.78, 5) is 0. The molecule has 0 radical (unpaired) electrons. The maximum atomic E-state index is 6.10. The van der Waals surface area contributed by atoms with Crippen molar-refractivity contribution in [2.24, 2.45) is 0 Å². The van der Waals surface area contributed by atoms with Crippen LogP contribution in [0.5, 0.6) is 5.75 Å². The van der Waals surface area contributed by atoms with Gasteiger partial charge in [-0.1, -0.05) is 48.9 Å². The topological polar surface area (TPSA) is 21.3 Å². The predicted octanol–water partition coefficient (Wildman–Crippen LogP) is 5.15. The number of nitrogens with one attached hydrogen (secondary N) is 1. The molecule has 0 fully saturated rings. The molecular weight excluding hydrogens is 282 g/mol. The van der Waals surface area contributed by atoms with E-state index >= 15 is 0 Å². The number of rotatable bonds is 6. The van der Waals surface area contributed by atoms with Crippen LogP contribution in [0.25, 0.3) is 0 Å². The number of para-hydroxylation sites is 1. The molecule has 21 heavy (non-hydrogen) atoms. The van der Waals surface area contributed by atoms with Crippen molar-refractivity contribution in [1.29, 1.82) is 0 Å². The third-order valence-electron chi connectivity index (χ3n) is 3.72. The molecule has 2 aromatic carbocycles. The van der Waals surface area contributed by atoms with Gasteiger partial charge < -0.3 is 10.1 Å². The van der Waals surface area contributed by atoms with Crippen LogP contribution in [0.1, 0.15) is 43.5 Å². The minimum atomic E-state index is 0.199. The largest absolute Gasteiger partial charge is 0.496 e. The molecule has 0 saturated carbocycles. The summed E-state index contributed by atoms with van der Waals surface area (Å²) in [5.74, 6) is 0.915. The highest BCUT2D eigenvalue weighted by molar-refractivity contribution is 6.30. The Morgan fingerprint density at radius 2 is 1.90 bits per heavy atom. The molecule has 0 aliphatic rings. The number of ether oxygens (including phenoxy) is 1. The number of hydrogen-bond acceptors (Lipinski definition) is 2. The van der Waals surface area contributed by atoms with Gasteiger partial charge in [0.2, 0.25) is 0 Å². The van der Waals surface area contributed by atoms with Crippen molar-refractivity contribution in [3.8, 4) is 5.75 Å². The average Bonchev–Trinajstić information content (AvgIpc) is 2.52. The highest BCUT2D eigenvalue weighted by atomic mass is 35.5.